The molecule has 144 valence electrons. The van der Waals surface area contributed by atoms with Crippen LogP contribution in [0.2, 0.25) is 0 Å². The van der Waals surface area contributed by atoms with E-state index in [4.69, 9.17) is 0 Å². The summed E-state index contributed by atoms with van der Waals surface area (Å²) in [4.78, 5) is 25.1. The predicted molar refractivity (Wildman–Crippen MR) is 93.9 cm³/mol. The van der Waals surface area contributed by atoms with Gasteiger partial charge in [-0.3, -0.25) is 9.59 Å². The highest BCUT2D eigenvalue weighted by molar-refractivity contribution is 5.89. The molecule has 1 fully saturated rings. The second-order valence-electron chi connectivity index (χ2n) is 6.44. The number of nitrogens with zero attached hydrogens (tertiary/aromatic N) is 1. The second kappa shape index (κ2) is 8.91. The summed E-state index contributed by atoms with van der Waals surface area (Å²) in [5, 5.41) is 4.94. The summed E-state index contributed by atoms with van der Waals surface area (Å²) in [5.41, 5.74) is -1.03. The smallest absolute Gasteiger partial charge is 0.376 e. The van der Waals surface area contributed by atoms with Gasteiger partial charge >= 0.3 is 6.18 Å². The molecule has 0 aromatic heterocycles. The van der Waals surface area contributed by atoms with Gasteiger partial charge in [0.15, 0.2) is 0 Å². The number of amides is 2. The minimum absolute atomic E-state index is 0.0606. The number of carbonyl (C=O) groups excluding carboxylic acids is 2. The zero-order chi connectivity index (χ0) is 19.2. The number of alkyl halides is 3. The molecule has 5 nitrogen and oxygen atoms in total. The van der Waals surface area contributed by atoms with E-state index in [0.717, 1.165) is 38.2 Å². The highest BCUT2D eigenvalue weighted by Crippen LogP contribution is 2.36. The van der Waals surface area contributed by atoms with Crippen molar-refractivity contribution in [1.82, 2.24) is 4.90 Å². The van der Waals surface area contributed by atoms with Crippen molar-refractivity contribution in [2.45, 2.75) is 45.2 Å². The van der Waals surface area contributed by atoms with E-state index in [1.165, 1.54) is 19.1 Å². The Bertz CT molecular complexity index is 639. The molecular formula is C18H24F3N3O2. The summed E-state index contributed by atoms with van der Waals surface area (Å²) in [6.07, 6.45) is 0.548. The van der Waals surface area contributed by atoms with E-state index in [2.05, 4.69) is 10.6 Å². The quantitative estimate of drug-likeness (QED) is 0.845. The van der Waals surface area contributed by atoms with Gasteiger partial charge in [-0.05, 0) is 31.0 Å². The Hall–Kier alpha value is -2.25. The Kier molecular flexibility index (Phi) is 6.88. The number of rotatable bonds is 4. The third-order valence-corrected chi connectivity index (χ3v) is 4.28. The normalized spacial score (nSPS) is 15.8. The first-order chi connectivity index (χ1) is 12.3. The second-order valence-corrected chi connectivity index (χ2v) is 6.44. The van der Waals surface area contributed by atoms with Crippen molar-refractivity contribution in [3.63, 3.8) is 0 Å². The molecule has 2 N–H and O–H groups in total. The van der Waals surface area contributed by atoms with E-state index < -0.39 is 17.6 Å². The molecule has 0 aliphatic carbocycles. The molecule has 0 saturated carbocycles. The van der Waals surface area contributed by atoms with Gasteiger partial charge in [-0.15, -0.1) is 0 Å². The Morgan fingerprint density at radius 2 is 1.69 bits per heavy atom. The van der Waals surface area contributed by atoms with Gasteiger partial charge in [0.2, 0.25) is 11.8 Å². The van der Waals surface area contributed by atoms with Crippen molar-refractivity contribution in [1.29, 1.82) is 0 Å². The van der Waals surface area contributed by atoms with Crippen LogP contribution in [0.4, 0.5) is 24.5 Å². The Balaban J connectivity index is 2.07. The van der Waals surface area contributed by atoms with Crippen molar-refractivity contribution in [2.75, 3.05) is 30.3 Å². The lowest BCUT2D eigenvalue weighted by molar-refractivity contribution is -0.137. The van der Waals surface area contributed by atoms with Gasteiger partial charge in [-0.1, -0.05) is 19.3 Å². The maximum Gasteiger partial charge on any atom is 0.418 e. The Morgan fingerprint density at radius 3 is 2.27 bits per heavy atom. The van der Waals surface area contributed by atoms with Crippen LogP contribution in [-0.2, 0) is 15.8 Å². The zero-order valence-corrected chi connectivity index (χ0v) is 14.8. The average molecular weight is 371 g/mol. The lowest BCUT2D eigenvalue weighted by Gasteiger charge is -2.25. The maximum absolute atomic E-state index is 13.3. The lowest BCUT2D eigenvalue weighted by Crippen LogP contribution is -2.37. The summed E-state index contributed by atoms with van der Waals surface area (Å²) in [6, 6.07) is 3.47. The molecule has 2 amide bonds. The third-order valence-electron chi connectivity index (χ3n) is 4.28. The molecule has 1 aliphatic rings. The summed E-state index contributed by atoms with van der Waals surface area (Å²) in [5.74, 6) is -0.656. The number of nitrogens with one attached hydrogen (secondary N) is 2. The molecule has 1 heterocycles. The predicted octanol–water partition coefficient (Wildman–Crippen LogP) is 3.87. The molecule has 0 radical (unpaired) electrons. The van der Waals surface area contributed by atoms with Crippen LogP contribution in [0.15, 0.2) is 18.2 Å². The zero-order valence-electron chi connectivity index (χ0n) is 14.8. The molecule has 1 aromatic carbocycles. The van der Waals surface area contributed by atoms with Crippen molar-refractivity contribution in [3.8, 4) is 0 Å². The fourth-order valence-electron chi connectivity index (χ4n) is 2.99. The molecule has 0 unspecified atom stereocenters. The lowest BCUT2D eigenvalue weighted by atomic mass is 10.1. The summed E-state index contributed by atoms with van der Waals surface area (Å²) in [7, 11) is 0. The number of carbonyl (C=O) groups is 2. The van der Waals surface area contributed by atoms with Gasteiger partial charge in [0, 0.05) is 31.4 Å². The SMILES string of the molecule is CC(=O)Nc1ccc(NCC(=O)N2CCCCCCC2)c(C(F)(F)F)c1. The van der Waals surface area contributed by atoms with Gasteiger partial charge in [-0.2, -0.15) is 13.2 Å². The first-order valence-electron chi connectivity index (χ1n) is 8.78. The Morgan fingerprint density at radius 1 is 1.08 bits per heavy atom. The fraction of sp³-hybridized carbons (Fsp3) is 0.556. The minimum atomic E-state index is -4.60. The highest BCUT2D eigenvalue weighted by Gasteiger charge is 2.34. The summed E-state index contributed by atoms with van der Waals surface area (Å²) >= 11 is 0. The summed E-state index contributed by atoms with van der Waals surface area (Å²) < 4.78 is 39.9. The van der Waals surface area contributed by atoms with Crippen molar-refractivity contribution in [3.05, 3.63) is 23.8 Å². The van der Waals surface area contributed by atoms with Crippen molar-refractivity contribution < 1.29 is 22.8 Å². The van der Waals surface area contributed by atoms with Crippen molar-refractivity contribution >= 4 is 23.2 Å². The van der Waals surface area contributed by atoms with Crippen LogP contribution in [0.3, 0.4) is 0 Å². The molecule has 1 aliphatic heterocycles. The molecule has 26 heavy (non-hydrogen) atoms. The molecule has 0 spiro atoms. The van der Waals surface area contributed by atoms with E-state index in [-0.39, 0.29) is 23.8 Å². The van der Waals surface area contributed by atoms with Crippen LogP contribution in [-0.4, -0.2) is 36.3 Å². The van der Waals surface area contributed by atoms with Crippen LogP contribution in [0.5, 0.6) is 0 Å². The molecule has 0 bridgehead atoms. The monoisotopic (exact) mass is 371 g/mol. The number of hydrogen-bond acceptors (Lipinski definition) is 3. The van der Waals surface area contributed by atoms with Gasteiger partial charge in [0.05, 0.1) is 12.1 Å². The Labute approximate surface area is 150 Å². The number of halogens is 3. The molecule has 8 heteroatoms. The van der Waals surface area contributed by atoms with Crippen LogP contribution in [0.25, 0.3) is 0 Å². The maximum atomic E-state index is 13.3. The van der Waals surface area contributed by atoms with Crippen LogP contribution < -0.4 is 10.6 Å². The standard InChI is InChI=1S/C18H24F3N3O2/c1-13(25)23-14-7-8-16(15(11-14)18(19,20)21)22-12-17(26)24-9-5-3-2-4-6-10-24/h7-8,11,22H,2-6,9-10,12H2,1H3,(H,23,25). The molecule has 2 rings (SSSR count). The van der Waals surface area contributed by atoms with Gasteiger partial charge in [0.1, 0.15) is 0 Å². The van der Waals surface area contributed by atoms with Gasteiger partial charge in [-0.25, -0.2) is 0 Å². The average Bonchev–Trinajstić information content (AvgIpc) is 2.51. The minimum Gasteiger partial charge on any atom is -0.376 e. The van der Waals surface area contributed by atoms with Crippen LogP contribution in [0, 0.1) is 0 Å². The number of likely N-dealkylation sites (tertiary alicyclic amines) is 1. The summed E-state index contributed by atoms with van der Waals surface area (Å²) in [6.45, 7) is 2.33. The van der Waals surface area contributed by atoms with Crippen LogP contribution in [0.1, 0.15) is 44.6 Å². The number of hydrogen-bond donors (Lipinski definition) is 2. The first-order valence-corrected chi connectivity index (χ1v) is 8.78. The largest absolute Gasteiger partial charge is 0.418 e. The van der Waals surface area contributed by atoms with E-state index in [0.29, 0.717) is 13.1 Å². The van der Waals surface area contributed by atoms with E-state index in [9.17, 15) is 22.8 Å². The fourth-order valence-corrected chi connectivity index (χ4v) is 2.99. The topological polar surface area (TPSA) is 61.4 Å². The first kappa shape index (κ1) is 20.1. The van der Waals surface area contributed by atoms with Crippen molar-refractivity contribution in [2.24, 2.45) is 0 Å². The number of anilines is 2. The molecule has 1 saturated heterocycles. The molecule has 0 atom stereocenters. The number of benzene rings is 1. The van der Waals surface area contributed by atoms with E-state index >= 15 is 0 Å². The molecule has 1 aromatic rings. The van der Waals surface area contributed by atoms with E-state index in [1.807, 2.05) is 0 Å². The highest BCUT2D eigenvalue weighted by atomic mass is 19.4. The molecular weight excluding hydrogens is 347 g/mol. The van der Waals surface area contributed by atoms with Crippen LogP contribution >= 0.6 is 0 Å². The van der Waals surface area contributed by atoms with Gasteiger partial charge < -0.3 is 15.5 Å². The van der Waals surface area contributed by atoms with E-state index in [1.54, 1.807) is 4.90 Å². The van der Waals surface area contributed by atoms with Gasteiger partial charge in [0.25, 0.3) is 0 Å². The third kappa shape index (κ3) is 5.93.